The number of carbonyl (C=O) groups excluding carboxylic acids is 2. The molecule has 2 heterocycles. The highest BCUT2D eigenvalue weighted by atomic mass is 35.5. The van der Waals surface area contributed by atoms with E-state index in [0.29, 0.717) is 31.2 Å². The average Bonchev–Trinajstić information content (AvgIpc) is 2.96. The zero-order valence-corrected chi connectivity index (χ0v) is 15.7. The number of carbonyl (C=O) groups is 2. The van der Waals surface area contributed by atoms with E-state index < -0.39 is 24.9 Å². The lowest BCUT2D eigenvalue weighted by molar-refractivity contribution is -0.140. The maximum absolute atomic E-state index is 13.2. The van der Waals surface area contributed by atoms with Crippen LogP contribution in [0.2, 0.25) is 5.02 Å². The van der Waals surface area contributed by atoms with Crippen LogP contribution in [0.15, 0.2) is 24.3 Å². The molecule has 0 radical (unpaired) electrons. The molecule has 0 bridgehead atoms. The minimum Gasteiger partial charge on any atom is -0.339 e. The second-order valence-corrected chi connectivity index (χ2v) is 6.94. The van der Waals surface area contributed by atoms with Gasteiger partial charge in [0.1, 0.15) is 0 Å². The topological polar surface area (TPSA) is 52.7 Å². The summed E-state index contributed by atoms with van der Waals surface area (Å²) in [5.74, 6) is -3.14. The molecule has 1 aromatic rings. The number of halogens is 4. The van der Waals surface area contributed by atoms with E-state index >= 15 is 0 Å². The second-order valence-electron chi connectivity index (χ2n) is 6.50. The summed E-state index contributed by atoms with van der Waals surface area (Å²) < 4.78 is 26.5. The minimum atomic E-state index is -2.82. The smallest absolute Gasteiger partial charge is 0.262 e. The number of nitrogens with zero attached hydrogens (tertiary/aromatic N) is 2. The normalized spacial score (nSPS) is 22.0. The zero-order valence-electron chi connectivity index (χ0n) is 14.1. The van der Waals surface area contributed by atoms with Crippen LogP contribution in [0.4, 0.5) is 8.78 Å². The molecular formula is C17H21Cl2F2N3O2. The lowest BCUT2D eigenvalue weighted by Crippen LogP contribution is -2.54. The summed E-state index contributed by atoms with van der Waals surface area (Å²) in [6, 6.07) is 6.28. The van der Waals surface area contributed by atoms with Gasteiger partial charge in [-0.2, -0.15) is 0 Å². The lowest BCUT2D eigenvalue weighted by atomic mass is 10.1. The van der Waals surface area contributed by atoms with E-state index in [-0.39, 0.29) is 30.6 Å². The summed E-state index contributed by atoms with van der Waals surface area (Å²) in [5.41, 5.74) is 0.880. The molecule has 2 amide bonds. The Bertz CT molecular complexity index is 650. The molecule has 1 unspecified atom stereocenters. The van der Waals surface area contributed by atoms with E-state index in [2.05, 4.69) is 5.32 Å². The highest BCUT2D eigenvalue weighted by Gasteiger charge is 2.43. The molecule has 3 rings (SSSR count). The van der Waals surface area contributed by atoms with Gasteiger partial charge in [0, 0.05) is 37.6 Å². The Labute approximate surface area is 162 Å². The molecule has 2 aliphatic heterocycles. The van der Waals surface area contributed by atoms with Crippen LogP contribution in [0, 0.1) is 0 Å². The van der Waals surface area contributed by atoms with Crippen molar-refractivity contribution in [1.29, 1.82) is 0 Å². The van der Waals surface area contributed by atoms with Gasteiger partial charge < -0.3 is 9.80 Å². The highest BCUT2D eigenvalue weighted by molar-refractivity contribution is 6.30. The van der Waals surface area contributed by atoms with Crippen LogP contribution in [0.25, 0.3) is 0 Å². The van der Waals surface area contributed by atoms with E-state index in [0.717, 1.165) is 5.56 Å². The minimum absolute atomic E-state index is 0. The summed E-state index contributed by atoms with van der Waals surface area (Å²) in [6.45, 7) is 1.12. The molecule has 1 atom stereocenters. The van der Waals surface area contributed by atoms with Crippen LogP contribution in [0.1, 0.15) is 12.0 Å². The highest BCUT2D eigenvalue weighted by Crippen LogP contribution is 2.26. The summed E-state index contributed by atoms with van der Waals surface area (Å²) in [6.07, 6.45) is -0.178. The molecule has 2 saturated heterocycles. The third-order valence-corrected chi connectivity index (χ3v) is 4.87. The molecule has 0 spiro atoms. The first-order chi connectivity index (χ1) is 11.8. The molecule has 144 valence electrons. The number of benzene rings is 1. The van der Waals surface area contributed by atoms with Crippen LogP contribution in [0.5, 0.6) is 0 Å². The number of piperazine rings is 1. The van der Waals surface area contributed by atoms with E-state index in [1.165, 1.54) is 0 Å². The quantitative estimate of drug-likeness (QED) is 0.833. The van der Waals surface area contributed by atoms with Crippen LogP contribution < -0.4 is 5.32 Å². The lowest BCUT2D eigenvalue weighted by Gasteiger charge is -2.36. The van der Waals surface area contributed by atoms with Gasteiger partial charge in [-0.3, -0.25) is 14.9 Å². The molecule has 0 aromatic heterocycles. The molecular weight excluding hydrogens is 387 g/mol. The summed E-state index contributed by atoms with van der Waals surface area (Å²) in [7, 11) is 0. The Balaban J connectivity index is 0.00000243. The Morgan fingerprint density at radius 3 is 2.23 bits per heavy atom. The van der Waals surface area contributed by atoms with Crippen molar-refractivity contribution >= 4 is 35.8 Å². The van der Waals surface area contributed by atoms with Gasteiger partial charge in [-0.05, 0) is 17.7 Å². The molecule has 0 aliphatic carbocycles. The van der Waals surface area contributed by atoms with Crippen molar-refractivity contribution in [1.82, 2.24) is 15.1 Å². The Kier molecular flexibility index (Phi) is 6.82. The van der Waals surface area contributed by atoms with Crippen molar-refractivity contribution in [3.63, 3.8) is 0 Å². The summed E-state index contributed by atoms with van der Waals surface area (Å²) in [5, 5.41) is 3.20. The monoisotopic (exact) mass is 407 g/mol. The second kappa shape index (κ2) is 8.50. The fourth-order valence-electron chi connectivity index (χ4n) is 3.18. The first-order valence-corrected chi connectivity index (χ1v) is 8.64. The third-order valence-electron chi connectivity index (χ3n) is 4.62. The molecule has 9 heteroatoms. The Morgan fingerprint density at radius 2 is 1.69 bits per heavy atom. The van der Waals surface area contributed by atoms with Crippen molar-refractivity contribution in [3.8, 4) is 0 Å². The molecule has 0 saturated carbocycles. The maximum atomic E-state index is 13.2. The van der Waals surface area contributed by atoms with Crippen molar-refractivity contribution in [3.05, 3.63) is 34.9 Å². The number of rotatable bonds is 3. The van der Waals surface area contributed by atoms with Crippen molar-refractivity contribution in [2.75, 3.05) is 32.7 Å². The standard InChI is InChI=1S/C17H20ClF2N3O2.ClH/c18-13-3-1-12(2-4-13)9-15(24)22-5-7-23(8-6-22)16(25)14-10-17(19,20)11-21-14;/h1-4,14,21H,5-11H2;1H. The predicted octanol–water partition coefficient (Wildman–Crippen LogP) is 1.97. The van der Waals surface area contributed by atoms with E-state index in [1.54, 1.807) is 21.9 Å². The van der Waals surface area contributed by atoms with Gasteiger partial charge in [-0.1, -0.05) is 23.7 Å². The van der Waals surface area contributed by atoms with Crippen molar-refractivity contribution < 1.29 is 18.4 Å². The van der Waals surface area contributed by atoms with Gasteiger partial charge in [0.25, 0.3) is 5.92 Å². The van der Waals surface area contributed by atoms with Gasteiger partial charge in [-0.25, -0.2) is 8.78 Å². The largest absolute Gasteiger partial charge is 0.339 e. The molecule has 5 nitrogen and oxygen atoms in total. The van der Waals surface area contributed by atoms with Crippen LogP contribution in [0.3, 0.4) is 0 Å². The molecule has 1 N–H and O–H groups in total. The fraction of sp³-hybridized carbons (Fsp3) is 0.529. The third kappa shape index (κ3) is 5.05. The summed E-state index contributed by atoms with van der Waals surface area (Å²) >= 11 is 5.83. The average molecular weight is 408 g/mol. The van der Waals surface area contributed by atoms with Gasteiger partial charge in [0.05, 0.1) is 19.0 Å². The number of amides is 2. The van der Waals surface area contributed by atoms with Gasteiger partial charge >= 0.3 is 0 Å². The van der Waals surface area contributed by atoms with Gasteiger partial charge in [0.15, 0.2) is 0 Å². The van der Waals surface area contributed by atoms with E-state index in [9.17, 15) is 18.4 Å². The van der Waals surface area contributed by atoms with E-state index in [4.69, 9.17) is 11.6 Å². The molecule has 1 aromatic carbocycles. The Morgan fingerprint density at radius 1 is 1.12 bits per heavy atom. The van der Waals surface area contributed by atoms with Crippen LogP contribution in [-0.2, 0) is 16.0 Å². The van der Waals surface area contributed by atoms with Crippen LogP contribution in [-0.4, -0.2) is 66.3 Å². The zero-order chi connectivity index (χ0) is 18.0. The maximum Gasteiger partial charge on any atom is 0.262 e. The molecule has 2 fully saturated rings. The van der Waals surface area contributed by atoms with E-state index in [1.807, 2.05) is 12.1 Å². The first-order valence-electron chi connectivity index (χ1n) is 8.26. The van der Waals surface area contributed by atoms with Gasteiger partial charge in [-0.15, -0.1) is 12.4 Å². The van der Waals surface area contributed by atoms with Gasteiger partial charge in [0.2, 0.25) is 11.8 Å². The fourth-order valence-corrected chi connectivity index (χ4v) is 3.30. The number of nitrogens with one attached hydrogen (secondary N) is 1. The SMILES string of the molecule is Cl.O=C(Cc1ccc(Cl)cc1)N1CCN(C(=O)C2CC(F)(F)CN2)CC1. The van der Waals surface area contributed by atoms with Crippen LogP contribution >= 0.6 is 24.0 Å². The first kappa shape index (κ1) is 20.9. The number of alkyl halides is 2. The predicted molar refractivity (Wildman–Crippen MR) is 96.9 cm³/mol. The van der Waals surface area contributed by atoms with Crippen molar-refractivity contribution in [2.45, 2.75) is 24.8 Å². The molecule has 2 aliphatic rings. The molecule has 26 heavy (non-hydrogen) atoms. The summed E-state index contributed by atoms with van der Waals surface area (Å²) in [4.78, 5) is 27.9. The number of hydrogen-bond acceptors (Lipinski definition) is 3. The number of hydrogen-bond donors (Lipinski definition) is 1. The Hall–Kier alpha value is -1.44. The van der Waals surface area contributed by atoms with Crippen molar-refractivity contribution in [2.24, 2.45) is 0 Å².